The summed E-state index contributed by atoms with van der Waals surface area (Å²) in [5.41, 5.74) is 8.06. The van der Waals surface area contributed by atoms with Crippen molar-refractivity contribution < 1.29 is 4.79 Å². The van der Waals surface area contributed by atoms with Crippen LogP contribution in [0.5, 0.6) is 0 Å². The Morgan fingerprint density at radius 2 is 1.59 bits per heavy atom. The minimum absolute atomic E-state index is 0.0271. The van der Waals surface area contributed by atoms with E-state index in [0.29, 0.717) is 22.7 Å². The molecule has 0 amide bonds. The zero-order chi connectivity index (χ0) is 27.8. The van der Waals surface area contributed by atoms with E-state index in [1.165, 1.54) is 27.8 Å². The van der Waals surface area contributed by atoms with Gasteiger partial charge in [0.1, 0.15) is 4.83 Å². The van der Waals surface area contributed by atoms with Crippen LogP contribution in [0, 0.1) is 34.6 Å². The molecule has 0 saturated carbocycles. The van der Waals surface area contributed by atoms with E-state index < -0.39 is 0 Å². The molecule has 5 aromatic rings. The number of thiophene rings is 1. The third kappa shape index (κ3) is 5.25. The maximum atomic E-state index is 13.8. The van der Waals surface area contributed by atoms with Crippen LogP contribution in [0.3, 0.4) is 0 Å². The summed E-state index contributed by atoms with van der Waals surface area (Å²) < 4.78 is 3.86. The Morgan fingerprint density at radius 3 is 2.23 bits per heavy atom. The Labute approximate surface area is 237 Å². The topological polar surface area (TPSA) is 56.9 Å². The molecule has 3 heterocycles. The quantitative estimate of drug-likeness (QED) is 0.114. The van der Waals surface area contributed by atoms with E-state index in [1.54, 1.807) is 15.9 Å². The minimum Gasteiger partial charge on any atom is -0.318 e. The zero-order valence-electron chi connectivity index (χ0n) is 23.3. The van der Waals surface area contributed by atoms with Crippen molar-refractivity contribution in [1.29, 1.82) is 0 Å². The molecule has 0 atom stereocenters. The van der Waals surface area contributed by atoms with Crippen LogP contribution < -0.4 is 5.56 Å². The van der Waals surface area contributed by atoms with Crippen molar-refractivity contribution in [2.75, 3.05) is 5.75 Å². The fraction of sp³-hybridized carbons (Fsp3) is 0.281. The van der Waals surface area contributed by atoms with Crippen LogP contribution in [-0.4, -0.2) is 25.7 Å². The molecular weight excluding hydrogens is 523 g/mol. The first-order valence-corrected chi connectivity index (χ1v) is 15.0. The maximum absolute atomic E-state index is 13.8. The molecule has 200 valence electrons. The van der Waals surface area contributed by atoms with Crippen molar-refractivity contribution >= 4 is 39.1 Å². The van der Waals surface area contributed by atoms with Gasteiger partial charge in [0.15, 0.2) is 10.9 Å². The Balaban J connectivity index is 1.49. The number of nitrogens with zero attached hydrogens (tertiary/aromatic N) is 3. The number of hydrogen-bond acceptors (Lipinski definition) is 5. The number of benzene rings is 2. The summed E-state index contributed by atoms with van der Waals surface area (Å²) in [6, 6.07) is 18.5. The van der Waals surface area contributed by atoms with Gasteiger partial charge in [-0.15, -0.1) is 11.3 Å². The molecule has 0 saturated heterocycles. The summed E-state index contributed by atoms with van der Waals surface area (Å²) in [5.74, 6) is 0.231. The molecule has 0 fully saturated rings. The number of thioether (sulfide) groups is 1. The number of hydrogen-bond donors (Lipinski definition) is 0. The van der Waals surface area contributed by atoms with Gasteiger partial charge in [-0.05, 0) is 70.4 Å². The van der Waals surface area contributed by atoms with Crippen molar-refractivity contribution in [2.45, 2.75) is 59.7 Å². The van der Waals surface area contributed by atoms with Crippen LogP contribution in [0.25, 0.3) is 15.9 Å². The number of aryl methyl sites for hydroxylation is 5. The summed E-state index contributed by atoms with van der Waals surface area (Å²) in [5, 5.41) is 1.28. The van der Waals surface area contributed by atoms with Crippen LogP contribution in [0.15, 0.2) is 64.5 Å². The second-order valence-corrected chi connectivity index (χ2v) is 12.1. The standard InChI is InChI=1S/C32H33N3O2S2/c1-7-28-22(5)29-30(39-28)33-32(34(31(29)37)17-24-12-8-19(2)9-13-24)38-18-27(36)26-16-21(4)35(23(26)6)25-14-10-20(3)11-15-25/h8-16H,7,17-18H2,1-6H3. The first-order chi connectivity index (χ1) is 18.7. The highest BCUT2D eigenvalue weighted by Crippen LogP contribution is 2.30. The van der Waals surface area contributed by atoms with E-state index in [1.807, 2.05) is 45.9 Å². The molecule has 0 radical (unpaired) electrons. The third-order valence-corrected chi connectivity index (χ3v) is 9.56. The van der Waals surface area contributed by atoms with Crippen molar-refractivity contribution in [1.82, 2.24) is 14.1 Å². The van der Waals surface area contributed by atoms with Gasteiger partial charge in [0.2, 0.25) is 0 Å². The Kier molecular flexibility index (Phi) is 7.65. The molecule has 0 unspecified atom stereocenters. The molecule has 0 aliphatic heterocycles. The lowest BCUT2D eigenvalue weighted by Gasteiger charge is -2.13. The van der Waals surface area contributed by atoms with Gasteiger partial charge in [-0.2, -0.15) is 0 Å². The number of aromatic nitrogens is 3. The van der Waals surface area contributed by atoms with Crippen molar-refractivity contribution in [3.05, 3.63) is 109 Å². The van der Waals surface area contributed by atoms with E-state index in [2.05, 4.69) is 54.8 Å². The fourth-order valence-corrected chi connectivity index (χ4v) is 7.09. The molecule has 0 bridgehead atoms. The normalized spacial score (nSPS) is 11.4. The molecule has 0 N–H and O–H groups in total. The highest BCUT2D eigenvalue weighted by molar-refractivity contribution is 7.99. The summed E-state index contributed by atoms with van der Waals surface area (Å²) in [4.78, 5) is 34.2. The Bertz CT molecular complexity index is 1740. The number of ketones is 1. The fourth-order valence-electron chi connectivity index (χ4n) is 5.05. The van der Waals surface area contributed by atoms with Crippen LogP contribution in [0.2, 0.25) is 0 Å². The highest BCUT2D eigenvalue weighted by Gasteiger charge is 2.21. The van der Waals surface area contributed by atoms with Crippen LogP contribution in [-0.2, 0) is 13.0 Å². The average molecular weight is 556 g/mol. The number of rotatable bonds is 8. The number of carbonyl (C=O) groups excluding carboxylic acids is 1. The second kappa shape index (κ2) is 11.0. The van der Waals surface area contributed by atoms with Gasteiger partial charge in [-0.25, -0.2) is 4.98 Å². The summed E-state index contributed by atoms with van der Waals surface area (Å²) in [6.07, 6.45) is 0.863. The first kappa shape index (κ1) is 27.2. The van der Waals surface area contributed by atoms with E-state index in [0.717, 1.165) is 39.5 Å². The smallest absolute Gasteiger partial charge is 0.263 e. The maximum Gasteiger partial charge on any atom is 0.263 e. The number of carbonyl (C=O) groups is 1. The first-order valence-electron chi connectivity index (χ1n) is 13.2. The lowest BCUT2D eigenvalue weighted by molar-refractivity contribution is 0.102. The predicted molar refractivity (Wildman–Crippen MR) is 163 cm³/mol. The van der Waals surface area contributed by atoms with Crippen LogP contribution >= 0.6 is 23.1 Å². The second-order valence-electron chi connectivity index (χ2n) is 10.1. The predicted octanol–water partition coefficient (Wildman–Crippen LogP) is 7.38. The van der Waals surface area contributed by atoms with Gasteiger partial charge >= 0.3 is 0 Å². The summed E-state index contributed by atoms with van der Waals surface area (Å²) >= 11 is 2.93. The molecule has 5 rings (SSSR count). The average Bonchev–Trinajstić information content (AvgIpc) is 3.40. The van der Waals surface area contributed by atoms with E-state index >= 15 is 0 Å². The molecular formula is C32H33N3O2S2. The minimum atomic E-state index is -0.0403. The molecule has 0 aliphatic carbocycles. The lowest BCUT2D eigenvalue weighted by Crippen LogP contribution is -2.24. The van der Waals surface area contributed by atoms with Gasteiger partial charge in [0.25, 0.3) is 5.56 Å². The monoisotopic (exact) mass is 555 g/mol. The van der Waals surface area contributed by atoms with Gasteiger partial charge in [0, 0.05) is 27.5 Å². The van der Waals surface area contributed by atoms with E-state index in [-0.39, 0.29) is 17.1 Å². The summed E-state index contributed by atoms with van der Waals surface area (Å²) in [7, 11) is 0. The Hall–Kier alpha value is -3.42. The number of Topliss-reactive ketones (excluding diaryl/α,β-unsaturated/α-hetero) is 1. The van der Waals surface area contributed by atoms with Crippen molar-refractivity contribution in [2.24, 2.45) is 0 Å². The van der Waals surface area contributed by atoms with Crippen LogP contribution in [0.4, 0.5) is 0 Å². The molecule has 2 aromatic carbocycles. The Morgan fingerprint density at radius 1 is 0.949 bits per heavy atom. The van der Waals surface area contributed by atoms with Crippen molar-refractivity contribution in [3.63, 3.8) is 0 Å². The number of fused-ring (bicyclic) bond motifs is 1. The van der Waals surface area contributed by atoms with Crippen molar-refractivity contribution in [3.8, 4) is 5.69 Å². The molecule has 7 heteroatoms. The molecule has 0 aliphatic rings. The van der Waals surface area contributed by atoms with Crippen LogP contribution in [0.1, 0.15) is 55.8 Å². The zero-order valence-corrected chi connectivity index (χ0v) is 24.9. The SMILES string of the molecule is CCc1sc2nc(SCC(=O)c3cc(C)n(-c4ccc(C)cc4)c3C)n(Cc3ccc(C)cc3)c(=O)c2c1C. The molecule has 5 nitrogen and oxygen atoms in total. The van der Waals surface area contributed by atoms with E-state index in [4.69, 9.17) is 4.98 Å². The molecule has 0 spiro atoms. The molecule has 39 heavy (non-hydrogen) atoms. The van der Waals surface area contributed by atoms with Gasteiger partial charge in [0.05, 0.1) is 17.7 Å². The van der Waals surface area contributed by atoms with E-state index in [9.17, 15) is 9.59 Å². The summed E-state index contributed by atoms with van der Waals surface area (Å²) in [6.45, 7) is 12.7. The van der Waals surface area contributed by atoms with Gasteiger partial charge in [-0.3, -0.25) is 14.2 Å². The highest BCUT2D eigenvalue weighted by atomic mass is 32.2. The molecule has 3 aromatic heterocycles. The van der Waals surface area contributed by atoms with Gasteiger partial charge < -0.3 is 4.57 Å². The lowest BCUT2D eigenvalue weighted by atomic mass is 10.1. The van der Waals surface area contributed by atoms with Gasteiger partial charge in [-0.1, -0.05) is 66.2 Å². The third-order valence-electron chi connectivity index (χ3n) is 7.25. The largest absolute Gasteiger partial charge is 0.318 e.